The minimum absolute atomic E-state index is 0.256. The van der Waals surface area contributed by atoms with Crippen molar-refractivity contribution in [3.63, 3.8) is 0 Å². The molecule has 0 radical (unpaired) electrons. The van der Waals surface area contributed by atoms with Crippen molar-refractivity contribution in [2.45, 2.75) is 0 Å². The number of carbonyl (C=O) groups excluding carboxylic acids is 2. The zero-order valence-corrected chi connectivity index (χ0v) is 13.3. The van der Waals surface area contributed by atoms with E-state index in [9.17, 15) is 14.0 Å². The van der Waals surface area contributed by atoms with E-state index in [1.165, 1.54) is 35.6 Å². The Kier molecular flexibility index (Phi) is 4.67. The molecule has 2 amide bonds. The molecule has 0 spiro atoms. The summed E-state index contributed by atoms with van der Waals surface area (Å²) in [6.07, 6.45) is 0. The molecule has 1 aromatic heterocycles. The molecule has 0 aliphatic carbocycles. The van der Waals surface area contributed by atoms with Crippen LogP contribution in [0.1, 0.15) is 20.0 Å². The highest BCUT2D eigenvalue weighted by Gasteiger charge is 2.15. The van der Waals surface area contributed by atoms with Crippen LogP contribution in [0.4, 0.5) is 4.39 Å². The molecular weight excluding hydrogens is 327 g/mol. The predicted octanol–water partition coefficient (Wildman–Crippen LogP) is 3.63. The molecule has 3 aromatic rings. The van der Waals surface area contributed by atoms with E-state index in [0.29, 0.717) is 4.88 Å². The second kappa shape index (κ2) is 7.06. The van der Waals surface area contributed by atoms with Gasteiger partial charge in [0, 0.05) is 11.1 Å². The van der Waals surface area contributed by atoms with E-state index >= 15 is 0 Å². The molecule has 24 heavy (non-hydrogen) atoms. The first-order valence-corrected chi connectivity index (χ1v) is 8.02. The second-order valence-corrected chi connectivity index (χ2v) is 5.86. The van der Waals surface area contributed by atoms with E-state index in [4.69, 9.17) is 0 Å². The number of benzene rings is 2. The van der Waals surface area contributed by atoms with Gasteiger partial charge in [-0.1, -0.05) is 30.3 Å². The number of hydrogen-bond acceptors (Lipinski definition) is 3. The van der Waals surface area contributed by atoms with Crippen LogP contribution < -0.4 is 10.9 Å². The maximum atomic E-state index is 12.9. The van der Waals surface area contributed by atoms with Gasteiger partial charge in [-0.05, 0) is 41.3 Å². The molecule has 2 N–H and O–H groups in total. The van der Waals surface area contributed by atoms with Crippen molar-refractivity contribution in [1.82, 2.24) is 10.9 Å². The molecule has 0 atom stereocenters. The highest BCUT2D eigenvalue weighted by Crippen LogP contribution is 2.27. The summed E-state index contributed by atoms with van der Waals surface area (Å²) in [7, 11) is 0. The zero-order chi connectivity index (χ0) is 16.9. The van der Waals surface area contributed by atoms with Gasteiger partial charge < -0.3 is 0 Å². The fourth-order valence-corrected chi connectivity index (χ4v) is 2.99. The Balaban J connectivity index is 1.69. The van der Waals surface area contributed by atoms with E-state index in [1.807, 2.05) is 41.8 Å². The van der Waals surface area contributed by atoms with Gasteiger partial charge in [-0.3, -0.25) is 20.4 Å². The van der Waals surface area contributed by atoms with E-state index < -0.39 is 17.6 Å². The average molecular weight is 340 g/mol. The third-order valence-corrected chi connectivity index (χ3v) is 4.27. The number of rotatable bonds is 3. The standard InChI is InChI=1S/C18H13FN2O2S/c19-14-8-6-13(7-9-14)17(22)20-21-18(23)16-15(10-11-24-16)12-4-2-1-3-5-12/h1-11H,(H,20,22)(H,21,23). The van der Waals surface area contributed by atoms with Crippen LogP contribution in [0.3, 0.4) is 0 Å². The molecule has 0 fully saturated rings. The topological polar surface area (TPSA) is 58.2 Å². The number of halogens is 1. The summed E-state index contributed by atoms with van der Waals surface area (Å²) in [5.41, 5.74) is 6.70. The highest BCUT2D eigenvalue weighted by molar-refractivity contribution is 7.12. The Morgan fingerprint density at radius 2 is 1.50 bits per heavy atom. The number of nitrogens with one attached hydrogen (secondary N) is 2. The van der Waals surface area contributed by atoms with E-state index in [-0.39, 0.29) is 5.56 Å². The molecular formula is C18H13FN2O2S. The first-order valence-electron chi connectivity index (χ1n) is 7.14. The number of hydrogen-bond donors (Lipinski definition) is 2. The minimum atomic E-state index is -0.513. The quantitative estimate of drug-likeness (QED) is 0.715. The fraction of sp³-hybridized carbons (Fsp3) is 0. The molecule has 0 aliphatic rings. The largest absolute Gasteiger partial charge is 0.280 e. The van der Waals surface area contributed by atoms with Gasteiger partial charge in [0.25, 0.3) is 11.8 Å². The smallest absolute Gasteiger partial charge is 0.267 e. The molecule has 0 saturated heterocycles. The third kappa shape index (κ3) is 3.49. The third-order valence-electron chi connectivity index (χ3n) is 3.35. The molecule has 0 unspecified atom stereocenters. The van der Waals surface area contributed by atoms with Crippen LogP contribution in [0.5, 0.6) is 0 Å². The van der Waals surface area contributed by atoms with Crippen LogP contribution in [0.25, 0.3) is 11.1 Å². The van der Waals surface area contributed by atoms with Crippen molar-refractivity contribution in [2.24, 2.45) is 0 Å². The lowest BCUT2D eigenvalue weighted by molar-refractivity contribution is 0.0849. The Hall–Kier alpha value is -2.99. The van der Waals surface area contributed by atoms with Gasteiger partial charge in [0.15, 0.2) is 0 Å². The number of carbonyl (C=O) groups is 2. The molecule has 120 valence electrons. The summed E-state index contributed by atoms with van der Waals surface area (Å²) in [6, 6.07) is 16.4. The Labute approximate surface area is 141 Å². The fourth-order valence-electron chi connectivity index (χ4n) is 2.17. The van der Waals surface area contributed by atoms with Crippen molar-refractivity contribution in [3.05, 3.63) is 82.3 Å². The van der Waals surface area contributed by atoms with Crippen molar-refractivity contribution in [3.8, 4) is 11.1 Å². The monoisotopic (exact) mass is 340 g/mol. The Morgan fingerprint density at radius 3 is 2.21 bits per heavy atom. The first kappa shape index (κ1) is 15.9. The van der Waals surface area contributed by atoms with Gasteiger partial charge in [0.05, 0.1) is 0 Å². The van der Waals surface area contributed by atoms with Crippen LogP contribution in [0, 0.1) is 5.82 Å². The van der Waals surface area contributed by atoms with Crippen molar-refractivity contribution < 1.29 is 14.0 Å². The van der Waals surface area contributed by atoms with Gasteiger partial charge in [0.2, 0.25) is 0 Å². The van der Waals surface area contributed by atoms with Gasteiger partial charge >= 0.3 is 0 Å². The summed E-state index contributed by atoms with van der Waals surface area (Å²) in [4.78, 5) is 24.8. The lowest BCUT2D eigenvalue weighted by Crippen LogP contribution is -2.41. The summed E-state index contributed by atoms with van der Waals surface area (Å²) in [5.74, 6) is -1.35. The molecule has 0 aliphatic heterocycles. The molecule has 0 saturated carbocycles. The van der Waals surface area contributed by atoms with Gasteiger partial charge in [-0.15, -0.1) is 11.3 Å². The average Bonchev–Trinajstić information content (AvgIpc) is 3.10. The van der Waals surface area contributed by atoms with Crippen LogP contribution in [-0.2, 0) is 0 Å². The van der Waals surface area contributed by atoms with Gasteiger partial charge in [-0.2, -0.15) is 0 Å². The number of thiophene rings is 1. The van der Waals surface area contributed by atoms with E-state index in [0.717, 1.165) is 11.1 Å². The highest BCUT2D eigenvalue weighted by atomic mass is 32.1. The molecule has 0 bridgehead atoms. The summed E-state index contributed by atoms with van der Waals surface area (Å²) in [5, 5.41) is 1.82. The normalized spacial score (nSPS) is 10.2. The lowest BCUT2D eigenvalue weighted by atomic mass is 10.1. The van der Waals surface area contributed by atoms with Gasteiger partial charge in [-0.25, -0.2) is 4.39 Å². The van der Waals surface area contributed by atoms with Crippen LogP contribution in [0.2, 0.25) is 0 Å². The van der Waals surface area contributed by atoms with E-state index in [2.05, 4.69) is 10.9 Å². The van der Waals surface area contributed by atoms with Crippen molar-refractivity contribution in [1.29, 1.82) is 0 Å². The molecule has 1 heterocycles. The maximum absolute atomic E-state index is 12.9. The van der Waals surface area contributed by atoms with Crippen molar-refractivity contribution >= 4 is 23.2 Å². The van der Waals surface area contributed by atoms with Gasteiger partial charge in [0.1, 0.15) is 10.7 Å². The maximum Gasteiger partial charge on any atom is 0.280 e. The molecule has 6 heteroatoms. The Morgan fingerprint density at radius 1 is 0.833 bits per heavy atom. The SMILES string of the molecule is O=C(NNC(=O)c1sccc1-c1ccccc1)c1ccc(F)cc1. The van der Waals surface area contributed by atoms with E-state index in [1.54, 1.807) is 0 Å². The Bertz CT molecular complexity index is 860. The van der Waals surface area contributed by atoms with Crippen molar-refractivity contribution in [2.75, 3.05) is 0 Å². The van der Waals surface area contributed by atoms with Crippen LogP contribution in [0.15, 0.2) is 66.0 Å². The summed E-state index contributed by atoms with van der Waals surface area (Å²) in [6.45, 7) is 0. The van der Waals surface area contributed by atoms with Crippen LogP contribution >= 0.6 is 11.3 Å². The minimum Gasteiger partial charge on any atom is -0.267 e. The lowest BCUT2D eigenvalue weighted by Gasteiger charge is -2.08. The van der Waals surface area contributed by atoms with Crippen LogP contribution in [-0.4, -0.2) is 11.8 Å². The zero-order valence-electron chi connectivity index (χ0n) is 12.5. The molecule has 2 aromatic carbocycles. The summed E-state index contributed by atoms with van der Waals surface area (Å²) < 4.78 is 12.9. The molecule has 4 nitrogen and oxygen atoms in total. The number of hydrazine groups is 1. The second-order valence-electron chi connectivity index (χ2n) is 4.94. The molecule has 3 rings (SSSR count). The summed E-state index contributed by atoms with van der Waals surface area (Å²) >= 11 is 1.29. The number of amides is 2. The predicted molar refractivity (Wildman–Crippen MR) is 91.1 cm³/mol. The first-order chi connectivity index (χ1) is 11.6.